The molecule has 25 heavy (non-hydrogen) atoms. The van der Waals surface area contributed by atoms with Crippen LogP contribution in [0.4, 0.5) is 4.79 Å². The Labute approximate surface area is 145 Å². The molecule has 1 atom stereocenters. The molecule has 0 bridgehead atoms. The van der Waals surface area contributed by atoms with Crippen molar-refractivity contribution in [2.45, 2.75) is 13.0 Å². The van der Waals surface area contributed by atoms with Gasteiger partial charge < -0.3 is 19.8 Å². The molecule has 2 N–H and O–H groups in total. The van der Waals surface area contributed by atoms with E-state index in [-0.39, 0.29) is 18.7 Å². The average molecular weight is 346 g/mol. The molecular weight excluding hydrogens is 324 g/mol. The summed E-state index contributed by atoms with van der Waals surface area (Å²) in [6, 6.07) is 3.05. The highest BCUT2D eigenvalue weighted by Gasteiger charge is 2.24. The lowest BCUT2D eigenvalue weighted by Crippen LogP contribution is -2.52. The molecule has 9 nitrogen and oxygen atoms in total. The van der Waals surface area contributed by atoms with Crippen molar-refractivity contribution in [3.05, 3.63) is 30.4 Å². The Morgan fingerprint density at radius 1 is 1.32 bits per heavy atom. The number of aliphatic hydroxyl groups is 1. The molecule has 3 rings (SSSR count). The van der Waals surface area contributed by atoms with Gasteiger partial charge in [-0.3, -0.25) is 9.88 Å². The third-order valence-electron chi connectivity index (χ3n) is 4.17. The Bertz CT molecular complexity index is 684. The van der Waals surface area contributed by atoms with E-state index in [1.165, 1.54) is 0 Å². The Balaban J connectivity index is 1.55. The highest BCUT2D eigenvalue weighted by atomic mass is 16.5. The van der Waals surface area contributed by atoms with E-state index in [1.807, 2.05) is 6.92 Å². The molecule has 0 unspecified atom stereocenters. The van der Waals surface area contributed by atoms with Gasteiger partial charge in [0.2, 0.25) is 11.7 Å². The molecule has 2 amide bonds. The molecule has 9 heteroatoms. The highest BCUT2D eigenvalue weighted by molar-refractivity contribution is 5.74. The lowest BCUT2D eigenvalue weighted by atomic mass is 10.2. The van der Waals surface area contributed by atoms with Crippen molar-refractivity contribution in [1.29, 1.82) is 0 Å². The molecule has 2 aromatic rings. The lowest BCUT2D eigenvalue weighted by Gasteiger charge is -2.34. The molecule has 0 radical (unpaired) electrons. The summed E-state index contributed by atoms with van der Waals surface area (Å²) in [5.74, 6) is 0.829. The molecule has 134 valence electrons. The van der Waals surface area contributed by atoms with E-state index in [1.54, 1.807) is 29.4 Å². The molecule has 0 aromatic carbocycles. The van der Waals surface area contributed by atoms with Crippen molar-refractivity contribution in [3.8, 4) is 11.4 Å². The highest BCUT2D eigenvalue weighted by Crippen LogP contribution is 2.18. The molecule has 0 saturated carbocycles. The van der Waals surface area contributed by atoms with Gasteiger partial charge in [-0.1, -0.05) is 5.16 Å². The third kappa shape index (κ3) is 4.31. The van der Waals surface area contributed by atoms with Crippen LogP contribution in [0.15, 0.2) is 29.0 Å². The first-order valence-corrected chi connectivity index (χ1v) is 8.30. The first-order chi connectivity index (χ1) is 12.2. The van der Waals surface area contributed by atoms with Gasteiger partial charge in [0.05, 0.1) is 6.61 Å². The van der Waals surface area contributed by atoms with E-state index >= 15 is 0 Å². The minimum Gasteiger partial charge on any atom is -0.395 e. The molecule has 1 fully saturated rings. The molecule has 2 aromatic heterocycles. The number of rotatable bonds is 5. The van der Waals surface area contributed by atoms with Crippen molar-refractivity contribution in [3.63, 3.8) is 0 Å². The van der Waals surface area contributed by atoms with E-state index in [2.05, 4.69) is 25.3 Å². The number of β-amino-alcohol motifs (C(OH)–C–C–N with tert-alkyl or cyclic N) is 1. The topological polar surface area (TPSA) is 108 Å². The summed E-state index contributed by atoms with van der Waals surface area (Å²) in [5.41, 5.74) is 0.809. The van der Waals surface area contributed by atoms with Crippen LogP contribution in [0.25, 0.3) is 11.4 Å². The molecule has 3 heterocycles. The van der Waals surface area contributed by atoms with Gasteiger partial charge in [0.15, 0.2) is 0 Å². The molecule has 1 saturated heterocycles. The number of hydrogen-bond donors (Lipinski definition) is 2. The van der Waals surface area contributed by atoms with Crippen LogP contribution < -0.4 is 5.32 Å². The summed E-state index contributed by atoms with van der Waals surface area (Å²) in [7, 11) is 0. The number of nitrogens with zero attached hydrogens (tertiary/aromatic N) is 5. The van der Waals surface area contributed by atoms with E-state index in [9.17, 15) is 4.79 Å². The Hall–Kier alpha value is -2.52. The zero-order valence-corrected chi connectivity index (χ0v) is 14.1. The van der Waals surface area contributed by atoms with E-state index in [0.717, 1.165) is 18.7 Å². The largest absolute Gasteiger partial charge is 0.395 e. The van der Waals surface area contributed by atoms with Gasteiger partial charge in [0.1, 0.15) is 6.04 Å². The normalized spacial score (nSPS) is 16.6. The molecule has 1 aliphatic heterocycles. The first-order valence-electron chi connectivity index (χ1n) is 8.30. The van der Waals surface area contributed by atoms with Crippen molar-refractivity contribution < 1.29 is 14.4 Å². The van der Waals surface area contributed by atoms with Crippen molar-refractivity contribution in [1.82, 2.24) is 30.2 Å². The number of pyridine rings is 1. The smallest absolute Gasteiger partial charge is 0.318 e. The first kappa shape index (κ1) is 17.3. The number of carbonyl (C=O) groups is 1. The molecule has 0 spiro atoms. The van der Waals surface area contributed by atoms with Crippen molar-refractivity contribution in [2.24, 2.45) is 0 Å². The number of nitrogens with one attached hydrogen (secondary N) is 1. The Kier molecular flexibility index (Phi) is 5.56. The van der Waals surface area contributed by atoms with Crippen LogP contribution in [0, 0.1) is 0 Å². The number of urea groups is 1. The standard InChI is InChI=1S/C16H22N6O3/c1-12(15-19-14(20-25-15)13-2-4-17-5-3-13)18-16(24)22-8-6-21(7-9-22)10-11-23/h2-5,12,23H,6-11H2,1H3,(H,18,24)/t12-/m1/s1. The number of aliphatic hydroxyl groups excluding tert-OH is 1. The fourth-order valence-electron chi connectivity index (χ4n) is 2.68. The van der Waals surface area contributed by atoms with Gasteiger partial charge in [0, 0.05) is 50.7 Å². The SMILES string of the molecule is C[C@@H](NC(=O)N1CCN(CCO)CC1)c1nc(-c2ccncc2)no1. The summed E-state index contributed by atoms with van der Waals surface area (Å²) in [6.07, 6.45) is 3.32. The number of carbonyl (C=O) groups excluding carboxylic acids is 1. The minimum atomic E-state index is -0.383. The van der Waals surface area contributed by atoms with E-state index in [0.29, 0.717) is 31.3 Å². The van der Waals surface area contributed by atoms with Crippen LogP contribution in [0.3, 0.4) is 0 Å². The van der Waals surface area contributed by atoms with Crippen molar-refractivity contribution >= 4 is 6.03 Å². The summed E-state index contributed by atoms with van der Waals surface area (Å²) < 4.78 is 5.27. The van der Waals surface area contributed by atoms with Crippen LogP contribution in [-0.4, -0.2) is 75.4 Å². The van der Waals surface area contributed by atoms with Crippen LogP contribution in [-0.2, 0) is 0 Å². The fraction of sp³-hybridized carbons (Fsp3) is 0.500. The number of aromatic nitrogens is 3. The lowest BCUT2D eigenvalue weighted by molar-refractivity contribution is 0.120. The Morgan fingerprint density at radius 3 is 2.72 bits per heavy atom. The number of hydrogen-bond acceptors (Lipinski definition) is 7. The minimum absolute atomic E-state index is 0.139. The second-order valence-electron chi connectivity index (χ2n) is 5.92. The number of piperazine rings is 1. The van der Waals surface area contributed by atoms with Crippen LogP contribution >= 0.6 is 0 Å². The summed E-state index contributed by atoms with van der Waals surface area (Å²) in [4.78, 5) is 24.6. The van der Waals surface area contributed by atoms with E-state index < -0.39 is 0 Å². The zero-order chi connectivity index (χ0) is 17.6. The van der Waals surface area contributed by atoms with Gasteiger partial charge in [0.25, 0.3) is 0 Å². The molecular formula is C16H22N6O3. The van der Waals surface area contributed by atoms with Crippen LogP contribution in [0.2, 0.25) is 0 Å². The monoisotopic (exact) mass is 346 g/mol. The maximum Gasteiger partial charge on any atom is 0.318 e. The second-order valence-corrected chi connectivity index (χ2v) is 5.92. The number of amides is 2. The average Bonchev–Trinajstić information content (AvgIpc) is 3.13. The maximum atomic E-state index is 12.4. The fourth-order valence-corrected chi connectivity index (χ4v) is 2.68. The van der Waals surface area contributed by atoms with E-state index in [4.69, 9.17) is 9.63 Å². The van der Waals surface area contributed by atoms with Gasteiger partial charge in [-0.2, -0.15) is 4.98 Å². The predicted molar refractivity (Wildman–Crippen MR) is 89.6 cm³/mol. The quantitative estimate of drug-likeness (QED) is 0.812. The van der Waals surface area contributed by atoms with Crippen molar-refractivity contribution in [2.75, 3.05) is 39.3 Å². The Morgan fingerprint density at radius 2 is 2.04 bits per heavy atom. The van der Waals surface area contributed by atoms with Crippen LogP contribution in [0.5, 0.6) is 0 Å². The van der Waals surface area contributed by atoms with Gasteiger partial charge in [-0.15, -0.1) is 0 Å². The van der Waals surface area contributed by atoms with Gasteiger partial charge >= 0.3 is 6.03 Å². The maximum absolute atomic E-state index is 12.4. The third-order valence-corrected chi connectivity index (χ3v) is 4.17. The molecule has 0 aliphatic carbocycles. The zero-order valence-electron chi connectivity index (χ0n) is 14.1. The van der Waals surface area contributed by atoms with Gasteiger partial charge in [-0.25, -0.2) is 4.79 Å². The summed E-state index contributed by atoms with van der Waals surface area (Å²) in [5, 5.41) is 15.8. The predicted octanol–water partition coefficient (Wildman–Crippen LogP) is 0.512. The summed E-state index contributed by atoms with van der Waals surface area (Å²) >= 11 is 0. The van der Waals surface area contributed by atoms with Gasteiger partial charge in [-0.05, 0) is 19.1 Å². The summed E-state index contributed by atoms with van der Waals surface area (Å²) in [6.45, 7) is 5.37. The second kappa shape index (κ2) is 8.04. The molecule has 1 aliphatic rings. The van der Waals surface area contributed by atoms with Crippen LogP contribution in [0.1, 0.15) is 18.9 Å².